The molecule has 0 radical (unpaired) electrons. The minimum Gasteiger partial charge on any atom is -0.392 e. The Morgan fingerprint density at radius 2 is 1.95 bits per heavy atom. The number of aliphatic hydroxyl groups is 1. The van der Waals surface area contributed by atoms with Crippen molar-refractivity contribution in [3.05, 3.63) is 29.8 Å². The van der Waals surface area contributed by atoms with E-state index in [0.29, 0.717) is 6.42 Å². The zero-order valence-electron chi connectivity index (χ0n) is 10.7. The lowest BCUT2D eigenvalue weighted by Crippen LogP contribution is -2.32. The largest absolute Gasteiger partial charge is 0.392 e. The Labute approximate surface area is 112 Å². The molecule has 19 heavy (non-hydrogen) atoms. The van der Waals surface area contributed by atoms with Crippen molar-refractivity contribution in [2.45, 2.75) is 30.8 Å². The van der Waals surface area contributed by atoms with Crippen molar-refractivity contribution in [3.8, 4) is 0 Å². The summed E-state index contributed by atoms with van der Waals surface area (Å²) in [6.45, 7) is 1.87. The predicted octanol–water partition coefficient (Wildman–Crippen LogP) is 0.225. The van der Waals surface area contributed by atoms with Gasteiger partial charge in [-0.1, -0.05) is 13.3 Å². The number of primary amides is 1. The van der Waals surface area contributed by atoms with Crippen LogP contribution in [0.5, 0.6) is 0 Å². The van der Waals surface area contributed by atoms with Crippen LogP contribution in [0.3, 0.4) is 0 Å². The van der Waals surface area contributed by atoms with E-state index in [2.05, 4.69) is 4.72 Å². The van der Waals surface area contributed by atoms with Crippen LogP contribution in [-0.4, -0.2) is 32.1 Å². The van der Waals surface area contributed by atoms with Gasteiger partial charge in [0.15, 0.2) is 0 Å². The van der Waals surface area contributed by atoms with Gasteiger partial charge < -0.3 is 10.8 Å². The van der Waals surface area contributed by atoms with E-state index in [1.54, 1.807) is 0 Å². The zero-order chi connectivity index (χ0) is 14.5. The first kappa shape index (κ1) is 15.6. The Balaban J connectivity index is 2.74. The molecular formula is C12H18N2O4S. The van der Waals surface area contributed by atoms with Crippen molar-refractivity contribution in [2.24, 2.45) is 5.73 Å². The number of aliphatic hydroxyl groups excluding tert-OH is 1. The van der Waals surface area contributed by atoms with Crippen molar-refractivity contribution < 1.29 is 18.3 Å². The van der Waals surface area contributed by atoms with E-state index in [1.165, 1.54) is 24.3 Å². The van der Waals surface area contributed by atoms with Crippen molar-refractivity contribution in [1.29, 1.82) is 0 Å². The summed E-state index contributed by atoms with van der Waals surface area (Å²) < 4.78 is 26.1. The van der Waals surface area contributed by atoms with Gasteiger partial charge in [-0.2, -0.15) is 0 Å². The lowest BCUT2D eigenvalue weighted by molar-refractivity contribution is 0.1000. The molecule has 0 aliphatic rings. The quantitative estimate of drug-likeness (QED) is 0.666. The average molecular weight is 286 g/mol. The number of carbonyl (C=O) groups is 1. The molecule has 0 saturated heterocycles. The van der Waals surface area contributed by atoms with Crippen LogP contribution in [-0.2, 0) is 10.0 Å². The molecule has 7 heteroatoms. The van der Waals surface area contributed by atoms with Crippen molar-refractivity contribution in [2.75, 3.05) is 6.54 Å². The van der Waals surface area contributed by atoms with Gasteiger partial charge in [-0.3, -0.25) is 4.79 Å². The highest BCUT2D eigenvalue weighted by molar-refractivity contribution is 7.89. The van der Waals surface area contributed by atoms with Gasteiger partial charge in [-0.25, -0.2) is 13.1 Å². The van der Waals surface area contributed by atoms with Gasteiger partial charge in [0.2, 0.25) is 15.9 Å². The summed E-state index contributed by atoms with van der Waals surface area (Å²) in [5.41, 5.74) is 5.31. The summed E-state index contributed by atoms with van der Waals surface area (Å²) in [6.07, 6.45) is 0.601. The Morgan fingerprint density at radius 3 is 2.42 bits per heavy atom. The molecule has 106 valence electrons. The second-order valence-corrected chi connectivity index (χ2v) is 5.95. The number of hydrogen-bond donors (Lipinski definition) is 3. The maximum Gasteiger partial charge on any atom is 0.248 e. The monoisotopic (exact) mass is 286 g/mol. The van der Waals surface area contributed by atoms with Crippen molar-refractivity contribution in [1.82, 2.24) is 4.72 Å². The summed E-state index contributed by atoms with van der Waals surface area (Å²) >= 11 is 0. The maximum atomic E-state index is 11.9. The van der Waals surface area contributed by atoms with Gasteiger partial charge in [0, 0.05) is 12.1 Å². The molecule has 0 aliphatic heterocycles. The number of sulfonamides is 1. The van der Waals surface area contributed by atoms with Gasteiger partial charge in [-0.05, 0) is 30.7 Å². The first-order valence-corrected chi connectivity index (χ1v) is 7.42. The number of nitrogens with one attached hydrogen (secondary N) is 1. The minimum absolute atomic E-state index is 0.0289. The number of amides is 1. The van der Waals surface area contributed by atoms with Gasteiger partial charge in [0.1, 0.15) is 0 Å². The van der Waals surface area contributed by atoms with Gasteiger partial charge in [-0.15, -0.1) is 0 Å². The molecule has 0 bridgehead atoms. The molecule has 1 amide bonds. The number of benzene rings is 1. The van der Waals surface area contributed by atoms with Crippen molar-refractivity contribution in [3.63, 3.8) is 0 Å². The first-order valence-electron chi connectivity index (χ1n) is 5.94. The summed E-state index contributed by atoms with van der Waals surface area (Å²) in [5, 5.41) is 9.49. The second-order valence-electron chi connectivity index (χ2n) is 4.18. The van der Waals surface area contributed by atoms with E-state index in [9.17, 15) is 18.3 Å². The van der Waals surface area contributed by atoms with Crippen LogP contribution in [0.1, 0.15) is 30.1 Å². The van der Waals surface area contributed by atoms with Crippen LogP contribution in [0.4, 0.5) is 0 Å². The summed E-state index contributed by atoms with van der Waals surface area (Å²) in [7, 11) is -3.68. The van der Waals surface area contributed by atoms with E-state index in [4.69, 9.17) is 5.73 Å². The predicted molar refractivity (Wildman–Crippen MR) is 71.1 cm³/mol. The second kappa shape index (κ2) is 6.65. The highest BCUT2D eigenvalue weighted by Gasteiger charge is 2.15. The molecule has 1 rings (SSSR count). The van der Waals surface area contributed by atoms with E-state index < -0.39 is 22.0 Å². The normalized spacial score (nSPS) is 13.2. The highest BCUT2D eigenvalue weighted by atomic mass is 32.2. The average Bonchev–Trinajstić information content (AvgIpc) is 2.37. The lowest BCUT2D eigenvalue weighted by atomic mass is 10.2. The van der Waals surface area contributed by atoms with Crippen LogP contribution in [0.25, 0.3) is 0 Å². The molecule has 1 unspecified atom stereocenters. The molecule has 1 aromatic carbocycles. The fourth-order valence-electron chi connectivity index (χ4n) is 1.52. The van der Waals surface area contributed by atoms with E-state index in [1.807, 2.05) is 6.92 Å². The maximum absolute atomic E-state index is 11.9. The van der Waals surface area contributed by atoms with Gasteiger partial charge in [0.25, 0.3) is 0 Å². The van der Waals surface area contributed by atoms with Crippen LogP contribution in [0, 0.1) is 0 Å². The molecule has 1 aromatic rings. The number of hydrogen-bond acceptors (Lipinski definition) is 4. The standard InChI is InChI=1S/C12H18N2O4S/c1-2-3-10(15)8-14-19(17,18)11-6-4-9(5-7-11)12(13)16/h4-7,10,14-15H,2-3,8H2,1H3,(H2,13,16). The summed E-state index contributed by atoms with van der Waals surface area (Å²) in [5.74, 6) is -0.615. The molecule has 0 aliphatic carbocycles. The van der Waals surface area contributed by atoms with Crippen LogP contribution < -0.4 is 10.5 Å². The highest BCUT2D eigenvalue weighted by Crippen LogP contribution is 2.10. The van der Waals surface area contributed by atoms with Crippen LogP contribution in [0.15, 0.2) is 29.2 Å². The Hall–Kier alpha value is -1.44. The van der Waals surface area contributed by atoms with Crippen LogP contribution >= 0.6 is 0 Å². The Morgan fingerprint density at radius 1 is 1.37 bits per heavy atom. The van der Waals surface area contributed by atoms with Gasteiger partial charge in [0.05, 0.1) is 11.0 Å². The Bertz CT molecular complexity index is 525. The molecule has 0 aromatic heterocycles. The minimum atomic E-state index is -3.68. The summed E-state index contributed by atoms with van der Waals surface area (Å²) in [4.78, 5) is 10.9. The van der Waals surface area contributed by atoms with E-state index in [-0.39, 0.29) is 17.0 Å². The molecule has 0 heterocycles. The molecule has 0 spiro atoms. The topological polar surface area (TPSA) is 109 Å². The summed E-state index contributed by atoms with van der Waals surface area (Å²) in [6, 6.07) is 5.29. The smallest absolute Gasteiger partial charge is 0.248 e. The fourth-order valence-corrected chi connectivity index (χ4v) is 2.60. The SMILES string of the molecule is CCCC(O)CNS(=O)(=O)c1ccc(C(N)=O)cc1. The van der Waals surface area contributed by atoms with Crippen LogP contribution in [0.2, 0.25) is 0 Å². The molecule has 0 saturated carbocycles. The third kappa shape index (κ3) is 4.62. The lowest BCUT2D eigenvalue weighted by Gasteiger charge is -2.11. The van der Waals surface area contributed by atoms with Crippen molar-refractivity contribution >= 4 is 15.9 Å². The molecule has 6 nitrogen and oxygen atoms in total. The molecule has 0 fully saturated rings. The third-order valence-electron chi connectivity index (χ3n) is 2.58. The number of rotatable bonds is 7. The Kier molecular flexibility index (Phi) is 5.46. The number of nitrogens with two attached hydrogens (primary N) is 1. The van der Waals surface area contributed by atoms with E-state index in [0.717, 1.165) is 6.42 Å². The number of carbonyl (C=O) groups excluding carboxylic acids is 1. The van der Waals surface area contributed by atoms with E-state index >= 15 is 0 Å². The molecular weight excluding hydrogens is 268 g/mol. The fraction of sp³-hybridized carbons (Fsp3) is 0.417. The molecule has 4 N–H and O–H groups in total. The third-order valence-corrected chi connectivity index (χ3v) is 4.02. The van der Waals surface area contributed by atoms with Gasteiger partial charge >= 0.3 is 0 Å². The first-order chi connectivity index (χ1) is 8.86. The zero-order valence-corrected chi connectivity index (χ0v) is 11.5. The molecule has 1 atom stereocenters.